The summed E-state index contributed by atoms with van der Waals surface area (Å²) in [5.41, 5.74) is 8.54. The van der Waals surface area contributed by atoms with Crippen LogP contribution in [0.2, 0.25) is 0 Å². The lowest BCUT2D eigenvalue weighted by molar-refractivity contribution is 0.0951. The van der Waals surface area contributed by atoms with Gasteiger partial charge in [0.25, 0.3) is 5.91 Å². The zero-order valence-corrected chi connectivity index (χ0v) is 12.5. The molecule has 0 aliphatic heterocycles. The first-order valence-corrected chi connectivity index (χ1v) is 7.36. The Morgan fingerprint density at radius 2 is 2.33 bits per heavy atom. The number of thiazole rings is 1. The summed E-state index contributed by atoms with van der Waals surface area (Å²) >= 11 is 3.72. The molecule has 0 aliphatic rings. The molecule has 0 radical (unpaired) electrons. The topological polar surface area (TPSA) is 68.0 Å². The van der Waals surface area contributed by atoms with Gasteiger partial charge in [0.15, 0.2) is 0 Å². The van der Waals surface area contributed by atoms with Crippen molar-refractivity contribution in [1.82, 2.24) is 10.3 Å². The van der Waals surface area contributed by atoms with Gasteiger partial charge in [0, 0.05) is 16.7 Å². The number of hydrogen-bond donors (Lipinski definition) is 2. The largest absolute Gasteiger partial charge is 0.349 e. The normalized spacial score (nSPS) is 10.3. The Kier molecular flexibility index (Phi) is 4.67. The molecule has 1 amide bonds. The van der Waals surface area contributed by atoms with Crippen LogP contribution in [0, 0.1) is 3.57 Å². The van der Waals surface area contributed by atoms with E-state index < -0.39 is 0 Å². The van der Waals surface area contributed by atoms with Gasteiger partial charge >= 0.3 is 0 Å². The zero-order valence-electron chi connectivity index (χ0n) is 9.52. The van der Waals surface area contributed by atoms with E-state index in [0.717, 1.165) is 14.0 Å². The Morgan fingerprint density at radius 1 is 1.50 bits per heavy atom. The van der Waals surface area contributed by atoms with E-state index in [1.165, 1.54) is 11.3 Å². The van der Waals surface area contributed by atoms with E-state index in [-0.39, 0.29) is 5.91 Å². The molecular formula is C12H12IN3OS. The van der Waals surface area contributed by atoms with Crippen LogP contribution in [0.5, 0.6) is 0 Å². The van der Waals surface area contributed by atoms with Crippen LogP contribution in [0.4, 0.5) is 0 Å². The molecule has 0 bridgehead atoms. The van der Waals surface area contributed by atoms with Gasteiger partial charge in [-0.15, -0.1) is 11.3 Å². The Balaban J connectivity index is 2.30. The molecule has 0 aliphatic carbocycles. The number of carbonyl (C=O) groups is 1. The van der Waals surface area contributed by atoms with Crippen LogP contribution >= 0.6 is 33.9 Å². The fourth-order valence-electron chi connectivity index (χ4n) is 1.51. The molecule has 2 rings (SSSR count). The van der Waals surface area contributed by atoms with Crippen LogP contribution in [-0.4, -0.2) is 24.0 Å². The van der Waals surface area contributed by atoms with Crippen LogP contribution in [-0.2, 0) is 0 Å². The number of nitrogens with two attached hydrogens (primary N) is 1. The number of rotatable bonds is 4. The lowest BCUT2D eigenvalue weighted by Gasteiger charge is -2.04. The summed E-state index contributed by atoms with van der Waals surface area (Å²) in [4.78, 5) is 16.9. The average molecular weight is 373 g/mol. The van der Waals surface area contributed by atoms with E-state index in [1.807, 2.05) is 24.3 Å². The van der Waals surface area contributed by atoms with Crippen molar-refractivity contribution in [1.29, 1.82) is 0 Å². The van der Waals surface area contributed by atoms with Crippen molar-refractivity contribution in [3.63, 3.8) is 0 Å². The second kappa shape index (κ2) is 6.26. The number of benzene rings is 1. The van der Waals surface area contributed by atoms with Crippen molar-refractivity contribution in [2.75, 3.05) is 13.1 Å². The van der Waals surface area contributed by atoms with Gasteiger partial charge in [-0.3, -0.25) is 4.79 Å². The standard InChI is InChI=1S/C12H12IN3OS/c13-9-3-1-2-8(6-9)11-10(16-7-18-11)12(17)15-5-4-14/h1-3,6-7H,4-5,14H2,(H,15,17). The number of nitrogens with one attached hydrogen (secondary N) is 1. The molecule has 0 fully saturated rings. The first kappa shape index (κ1) is 13.4. The Hall–Kier alpha value is -0.990. The first-order chi connectivity index (χ1) is 8.72. The first-order valence-electron chi connectivity index (χ1n) is 5.40. The SMILES string of the molecule is NCCNC(=O)c1ncsc1-c1cccc(I)c1. The maximum absolute atomic E-state index is 11.9. The third kappa shape index (κ3) is 3.06. The molecule has 0 spiro atoms. The summed E-state index contributed by atoms with van der Waals surface area (Å²) in [7, 11) is 0. The molecule has 1 heterocycles. The van der Waals surface area contributed by atoms with Crippen LogP contribution in [0.25, 0.3) is 10.4 Å². The van der Waals surface area contributed by atoms with Gasteiger partial charge in [-0.2, -0.15) is 0 Å². The molecule has 18 heavy (non-hydrogen) atoms. The summed E-state index contributed by atoms with van der Waals surface area (Å²) in [5, 5.41) is 2.74. The minimum absolute atomic E-state index is 0.171. The van der Waals surface area contributed by atoms with E-state index in [1.54, 1.807) is 5.51 Å². The second-order valence-electron chi connectivity index (χ2n) is 3.59. The summed E-state index contributed by atoms with van der Waals surface area (Å²) in [6.07, 6.45) is 0. The number of halogens is 1. The second-order valence-corrected chi connectivity index (χ2v) is 5.69. The molecule has 1 aromatic heterocycles. The van der Waals surface area contributed by atoms with Crippen LogP contribution in [0.3, 0.4) is 0 Å². The maximum atomic E-state index is 11.9. The summed E-state index contributed by atoms with van der Waals surface area (Å²) in [5.74, 6) is -0.171. The lowest BCUT2D eigenvalue weighted by Crippen LogP contribution is -2.29. The van der Waals surface area contributed by atoms with Gasteiger partial charge in [-0.25, -0.2) is 4.98 Å². The summed E-state index contributed by atoms with van der Waals surface area (Å²) in [6, 6.07) is 8.00. The molecular weight excluding hydrogens is 361 g/mol. The predicted molar refractivity (Wildman–Crippen MR) is 81.7 cm³/mol. The summed E-state index contributed by atoms with van der Waals surface area (Å²) in [6.45, 7) is 0.885. The molecule has 0 saturated carbocycles. The van der Waals surface area contributed by atoms with Gasteiger partial charge in [0.1, 0.15) is 5.69 Å². The van der Waals surface area contributed by atoms with E-state index in [4.69, 9.17) is 5.73 Å². The molecule has 1 aromatic carbocycles. The Morgan fingerprint density at radius 3 is 3.06 bits per heavy atom. The fraction of sp³-hybridized carbons (Fsp3) is 0.167. The van der Waals surface area contributed by atoms with Gasteiger partial charge < -0.3 is 11.1 Å². The van der Waals surface area contributed by atoms with Gasteiger partial charge in [0.2, 0.25) is 0 Å². The highest BCUT2D eigenvalue weighted by Crippen LogP contribution is 2.28. The fourth-order valence-corrected chi connectivity index (χ4v) is 2.84. The average Bonchev–Trinajstić information content (AvgIpc) is 2.85. The maximum Gasteiger partial charge on any atom is 0.271 e. The van der Waals surface area contributed by atoms with Crippen LogP contribution in [0.1, 0.15) is 10.5 Å². The van der Waals surface area contributed by atoms with Crippen molar-refractivity contribution in [3.05, 3.63) is 39.0 Å². The highest BCUT2D eigenvalue weighted by Gasteiger charge is 2.15. The molecule has 0 atom stereocenters. The smallest absolute Gasteiger partial charge is 0.271 e. The molecule has 0 unspecified atom stereocenters. The minimum Gasteiger partial charge on any atom is -0.349 e. The zero-order chi connectivity index (χ0) is 13.0. The monoisotopic (exact) mass is 373 g/mol. The Bertz CT molecular complexity index is 556. The number of carbonyl (C=O) groups excluding carboxylic acids is 1. The van der Waals surface area contributed by atoms with Crippen LogP contribution in [0.15, 0.2) is 29.8 Å². The van der Waals surface area contributed by atoms with E-state index in [2.05, 4.69) is 32.9 Å². The molecule has 94 valence electrons. The van der Waals surface area contributed by atoms with Crippen molar-refractivity contribution in [3.8, 4) is 10.4 Å². The summed E-state index contributed by atoms with van der Waals surface area (Å²) < 4.78 is 1.13. The molecule has 4 nitrogen and oxygen atoms in total. The third-order valence-corrected chi connectivity index (χ3v) is 3.85. The molecule has 0 saturated heterocycles. The predicted octanol–water partition coefficient (Wildman–Crippen LogP) is 2.10. The number of amides is 1. The van der Waals surface area contributed by atoms with Gasteiger partial charge in [-0.1, -0.05) is 12.1 Å². The van der Waals surface area contributed by atoms with Crippen molar-refractivity contribution in [2.45, 2.75) is 0 Å². The third-order valence-electron chi connectivity index (χ3n) is 2.30. The number of hydrogen-bond acceptors (Lipinski definition) is 4. The molecule has 2 aromatic rings. The molecule has 3 N–H and O–H groups in total. The minimum atomic E-state index is -0.171. The van der Waals surface area contributed by atoms with E-state index in [9.17, 15) is 4.79 Å². The van der Waals surface area contributed by atoms with E-state index in [0.29, 0.717) is 18.8 Å². The number of nitrogens with zero attached hydrogens (tertiary/aromatic N) is 1. The van der Waals surface area contributed by atoms with Crippen molar-refractivity contribution in [2.24, 2.45) is 5.73 Å². The highest BCUT2D eigenvalue weighted by atomic mass is 127. The van der Waals surface area contributed by atoms with Crippen molar-refractivity contribution < 1.29 is 4.79 Å². The van der Waals surface area contributed by atoms with Crippen molar-refractivity contribution >= 4 is 39.8 Å². The Labute approximate surface area is 123 Å². The highest BCUT2D eigenvalue weighted by molar-refractivity contribution is 14.1. The molecule has 6 heteroatoms. The van der Waals surface area contributed by atoms with E-state index >= 15 is 0 Å². The van der Waals surface area contributed by atoms with Crippen LogP contribution < -0.4 is 11.1 Å². The van der Waals surface area contributed by atoms with Gasteiger partial charge in [-0.05, 0) is 40.3 Å². The van der Waals surface area contributed by atoms with Gasteiger partial charge in [0.05, 0.1) is 10.4 Å². The number of aromatic nitrogens is 1. The lowest BCUT2D eigenvalue weighted by atomic mass is 10.1. The quantitative estimate of drug-likeness (QED) is 0.807.